The SMILES string of the molecule is N#C/C(=C\c1ccc(OCc2ccccc2F)cc1)C(=O)Nc1nccs1. The lowest BCUT2D eigenvalue weighted by Gasteiger charge is -2.07. The molecule has 1 N–H and O–H groups in total. The molecule has 0 radical (unpaired) electrons. The van der Waals surface area contributed by atoms with Crippen molar-refractivity contribution >= 4 is 28.5 Å². The summed E-state index contributed by atoms with van der Waals surface area (Å²) < 4.78 is 19.2. The van der Waals surface area contributed by atoms with Crippen molar-refractivity contribution < 1.29 is 13.9 Å². The van der Waals surface area contributed by atoms with Crippen LogP contribution < -0.4 is 10.1 Å². The molecule has 0 aliphatic heterocycles. The third kappa shape index (κ3) is 5.00. The molecule has 0 bridgehead atoms. The number of anilines is 1. The van der Waals surface area contributed by atoms with E-state index in [1.807, 2.05) is 6.07 Å². The van der Waals surface area contributed by atoms with Crippen LogP contribution >= 0.6 is 11.3 Å². The molecule has 3 rings (SSSR count). The Morgan fingerprint density at radius 3 is 2.70 bits per heavy atom. The molecule has 0 saturated carbocycles. The van der Waals surface area contributed by atoms with Crippen LogP contribution in [0, 0.1) is 17.1 Å². The Morgan fingerprint density at radius 2 is 2.04 bits per heavy atom. The molecule has 1 aromatic heterocycles. The zero-order valence-electron chi connectivity index (χ0n) is 14.1. The van der Waals surface area contributed by atoms with Crippen LogP contribution in [0.1, 0.15) is 11.1 Å². The van der Waals surface area contributed by atoms with Crippen LogP contribution in [0.5, 0.6) is 5.75 Å². The minimum absolute atomic E-state index is 0.0368. The molecule has 5 nitrogen and oxygen atoms in total. The maximum Gasteiger partial charge on any atom is 0.268 e. The van der Waals surface area contributed by atoms with Crippen molar-refractivity contribution in [1.29, 1.82) is 5.26 Å². The van der Waals surface area contributed by atoms with E-state index in [-0.39, 0.29) is 18.0 Å². The highest BCUT2D eigenvalue weighted by Gasteiger charge is 2.10. The summed E-state index contributed by atoms with van der Waals surface area (Å²) in [6.07, 6.45) is 3.04. The Bertz CT molecular complexity index is 993. The van der Waals surface area contributed by atoms with E-state index >= 15 is 0 Å². The number of thiazole rings is 1. The Morgan fingerprint density at radius 1 is 1.26 bits per heavy atom. The van der Waals surface area contributed by atoms with E-state index in [1.54, 1.807) is 54.0 Å². The summed E-state index contributed by atoms with van der Waals surface area (Å²) in [6, 6.07) is 15.1. The number of ether oxygens (including phenoxy) is 1. The van der Waals surface area contributed by atoms with Gasteiger partial charge in [-0.2, -0.15) is 5.26 Å². The van der Waals surface area contributed by atoms with Gasteiger partial charge in [-0.1, -0.05) is 30.3 Å². The molecule has 0 atom stereocenters. The Labute approximate surface area is 159 Å². The molecular weight excluding hydrogens is 365 g/mol. The first-order valence-corrected chi connectivity index (χ1v) is 8.82. The first-order valence-electron chi connectivity index (χ1n) is 7.94. The zero-order chi connectivity index (χ0) is 19.1. The topological polar surface area (TPSA) is 75.0 Å². The summed E-state index contributed by atoms with van der Waals surface area (Å²) >= 11 is 1.27. The molecule has 3 aromatic rings. The van der Waals surface area contributed by atoms with Crippen LogP contribution in [-0.4, -0.2) is 10.9 Å². The second-order valence-corrected chi connectivity index (χ2v) is 6.30. The first kappa shape index (κ1) is 18.3. The van der Waals surface area contributed by atoms with Crippen molar-refractivity contribution in [3.63, 3.8) is 0 Å². The maximum atomic E-state index is 13.6. The molecule has 0 spiro atoms. The molecule has 0 aliphatic carbocycles. The van der Waals surface area contributed by atoms with Crippen LogP contribution in [0.15, 0.2) is 65.7 Å². The normalized spacial score (nSPS) is 10.9. The number of halogens is 1. The van der Waals surface area contributed by atoms with E-state index in [0.717, 1.165) is 0 Å². The highest BCUT2D eigenvalue weighted by Crippen LogP contribution is 2.18. The molecule has 0 aliphatic rings. The number of rotatable bonds is 6. The van der Waals surface area contributed by atoms with E-state index in [1.165, 1.54) is 23.5 Å². The molecule has 0 saturated heterocycles. The number of hydrogen-bond donors (Lipinski definition) is 1. The second kappa shape index (κ2) is 8.74. The van der Waals surface area contributed by atoms with Crippen LogP contribution in [0.3, 0.4) is 0 Å². The first-order chi connectivity index (χ1) is 13.2. The predicted molar refractivity (Wildman–Crippen MR) is 102 cm³/mol. The monoisotopic (exact) mass is 379 g/mol. The van der Waals surface area contributed by atoms with Crippen molar-refractivity contribution in [2.24, 2.45) is 0 Å². The van der Waals surface area contributed by atoms with E-state index in [9.17, 15) is 14.4 Å². The second-order valence-electron chi connectivity index (χ2n) is 5.41. The van der Waals surface area contributed by atoms with E-state index in [4.69, 9.17) is 4.74 Å². The van der Waals surface area contributed by atoms with Crippen LogP contribution in [-0.2, 0) is 11.4 Å². The van der Waals surface area contributed by atoms with Crippen molar-refractivity contribution in [3.05, 3.63) is 82.6 Å². The average molecular weight is 379 g/mol. The number of nitriles is 1. The highest BCUT2D eigenvalue weighted by molar-refractivity contribution is 7.13. The lowest BCUT2D eigenvalue weighted by Crippen LogP contribution is -2.13. The number of hydrogen-bond acceptors (Lipinski definition) is 5. The molecule has 1 heterocycles. The Balaban J connectivity index is 1.65. The van der Waals surface area contributed by atoms with Gasteiger partial charge in [0.2, 0.25) is 0 Å². The van der Waals surface area contributed by atoms with Gasteiger partial charge in [0.15, 0.2) is 5.13 Å². The van der Waals surface area contributed by atoms with Crippen molar-refractivity contribution in [3.8, 4) is 11.8 Å². The van der Waals surface area contributed by atoms with Gasteiger partial charge in [0.1, 0.15) is 29.8 Å². The molecule has 7 heteroatoms. The minimum atomic E-state index is -0.521. The summed E-state index contributed by atoms with van der Waals surface area (Å²) in [7, 11) is 0. The zero-order valence-corrected chi connectivity index (χ0v) is 14.9. The Kier molecular flexibility index (Phi) is 5.92. The van der Waals surface area contributed by atoms with Gasteiger partial charge in [0.05, 0.1) is 0 Å². The number of benzene rings is 2. The van der Waals surface area contributed by atoms with Gasteiger partial charge in [-0.3, -0.25) is 10.1 Å². The van der Waals surface area contributed by atoms with E-state index < -0.39 is 5.91 Å². The van der Waals surface area contributed by atoms with Gasteiger partial charge in [0, 0.05) is 17.1 Å². The minimum Gasteiger partial charge on any atom is -0.489 e. The third-order valence-corrected chi connectivity index (χ3v) is 4.25. The average Bonchev–Trinajstić information content (AvgIpc) is 3.19. The summed E-state index contributed by atoms with van der Waals surface area (Å²) in [5.41, 5.74) is 1.09. The van der Waals surface area contributed by atoms with Crippen molar-refractivity contribution in [2.75, 3.05) is 5.32 Å². The number of amides is 1. The summed E-state index contributed by atoms with van der Waals surface area (Å²) in [6.45, 7) is 0.113. The van der Waals surface area contributed by atoms with Gasteiger partial charge >= 0.3 is 0 Å². The van der Waals surface area contributed by atoms with Gasteiger partial charge < -0.3 is 4.74 Å². The highest BCUT2D eigenvalue weighted by atomic mass is 32.1. The standard InChI is InChI=1S/C20H14FN3O2S/c21-18-4-2-1-3-15(18)13-26-17-7-5-14(6-8-17)11-16(12-22)19(25)24-20-23-9-10-27-20/h1-11H,13H2,(H,23,24,25)/b16-11+. The fourth-order valence-corrected chi connectivity index (χ4v) is 2.73. The molecular formula is C20H14FN3O2S. The molecule has 0 unspecified atom stereocenters. The number of aromatic nitrogens is 1. The van der Waals surface area contributed by atoms with Gasteiger partial charge in [0.25, 0.3) is 5.91 Å². The fourth-order valence-electron chi connectivity index (χ4n) is 2.20. The number of carbonyl (C=O) groups excluding carboxylic acids is 1. The fraction of sp³-hybridized carbons (Fsp3) is 0.0500. The Hall–Kier alpha value is -3.50. The predicted octanol–water partition coefficient (Wildman–Crippen LogP) is 4.41. The molecule has 134 valence electrons. The number of nitrogens with zero attached hydrogens (tertiary/aromatic N) is 2. The van der Waals surface area contributed by atoms with E-state index in [2.05, 4.69) is 10.3 Å². The van der Waals surface area contributed by atoms with Crippen LogP contribution in [0.25, 0.3) is 6.08 Å². The van der Waals surface area contributed by atoms with Gasteiger partial charge in [-0.05, 0) is 29.8 Å². The smallest absolute Gasteiger partial charge is 0.268 e. The molecule has 2 aromatic carbocycles. The van der Waals surface area contributed by atoms with Crippen LogP contribution in [0.4, 0.5) is 9.52 Å². The lowest BCUT2D eigenvalue weighted by molar-refractivity contribution is -0.112. The van der Waals surface area contributed by atoms with E-state index in [0.29, 0.717) is 22.0 Å². The number of carbonyl (C=O) groups is 1. The summed E-state index contributed by atoms with van der Waals surface area (Å²) in [5.74, 6) is -0.282. The molecule has 0 fully saturated rings. The number of nitrogens with one attached hydrogen (secondary N) is 1. The molecule has 27 heavy (non-hydrogen) atoms. The van der Waals surface area contributed by atoms with Crippen molar-refractivity contribution in [1.82, 2.24) is 4.98 Å². The van der Waals surface area contributed by atoms with Crippen molar-refractivity contribution in [2.45, 2.75) is 6.61 Å². The largest absolute Gasteiger partial charge is 0.489 e. The molecule has 1 amide bonds. The van der Waals surface area contributed by atoms with Crippen LogP contribution in [0.2, 0.25) is 0 Å². The summed E-state index contributed by atoms with van der Waals surface area (Å²) in [4.78, 5) is 16.1. The quantitative estimate of drug-likeness (QED) is 0.509. The lowest BCUT2D eigenvalue weighted by atomic mass is 10.1. The summed E-state index contributed by atoms with van der Waals surface area (Å²) in [5, 5.41) is 13.9. The van der Waals surface area contributed by atoms with Gasteiger partial charge in [-0.25, -0.2) is 9.37 Å². The third-order valence-electron chi connectivity index (χ3n) is 3.56. The maximum absolute atomic E-state index is 13.6. The van der Waals surface area contributed by atoms with Gasteiger partial charge in [-0.15, -0.1) is 11.3 Å².